The Balaban J connectivity index is 0.00000529. The molecule has 1 heterocycles. The topological polar surface area (TPSA) is 49.3 Å². The molecule has 10 heteroatoms. The Morgan fingerprint density at radius 1 is 1.33 bits per heavy atom. The third kappa shape index (κ3) is 9.92. The molecule has 1 rings (SSSR count). The molecule has 0 amide bonds. The van der Waals surface area contributed by atoms with Crippen molar-refractivity contribution in [3.8, 4) is 0 Å². The summed E-state index contributed by atoms with van der Waals surface area (Å²) >= 11 is 2.85. The molecule has 0 atom stereocenters. The van der Waals surface area contributed by atoms with E-state index in [4.69, 9.17) is 0 Å². The molecule has 1 aromatic rings. The molecule has 0 saturated heterocycles. The van der Waals surface area contributed by atoms with Crippen molar-refractivity contribution in [2.75, 3.05) is 31.6 Å². The van der Waals surface area contributed by atoms with Gasteiger partial charge in [-0.2, -0.15) is 24.9 Å². The quantitative estimate of drug-likeness (QED) is 0.235. The number of unbranched alkanes of at least 4 members (excludes halogenated alkanes) is 1. The fraction of sp³-hybridized carbons (Fsp3) is 0.714. The molecule has 4 nitrogen and oxygen atoms in total. The molecule has 0 unspecified atom stereocenters. The van der Waals surface area contributed by atoms with Crippen LogP contribution in [0.1, 0.15) is 30.5 Å². The van der Waals surface area contributed by atoms with Gasteiger partial charge < -0.3 is 10.6 Å². The fourth-order valence-corrected chi connectivity index (χ4v) is 3.03. The maximum atomic E-state index is 12.5. The molecule has 0 saturated carbocycles. The van der Waals surface area contributed by atoms with Crippen LogP contribution in [-0.4, -0.2) is 42.6 Å². The highest BCUT2D eigenvalue weighted by atomic mass is 127. The molecule has 0 fully saturated rings. The van der Waals surface area contributed by atoms with Gasteiger partial charge in [-0.3, -0.25) is 4.99 Å². The zero-order valence-corrected chi connectivity index (χ0v) is 17.7. The van der Waals surface area contributed by atoms with Gasteiger partial charge in [0.1, 0.15) is 0 Å². The predicted molar refractivity (Wildman–Crippen MR) is 108 cm³/mol. The number of aromatic nitrogens is 1. The van der Waals surface area contributed by atoms with E-state index in [9.17, 15) is 13.2 Å². The minimum atomic E-state index is -4.37. The van der Waals surface area contributed by atoms with E-state index < -0.39 is 11.9 Å². The number of thioether (sulfide) groups is 1. The van der Waals surface area contributed by atoms with E-state index in [1.54, 1.807) is 0 Å². The molecule has 0 aliphatic heterocycles. The van der Waals surface area contributed by atoms with Gasteiger partial charge in [0.25, 0.3) is 0 Å². The first-order chi connectivity index (χ1) is 11.0. The average molecular weight is 496 g/mol. The highest BCUT2D eigenvalue weighted by Gasteiger charge is 2.33. The highest BCUT2D eigenvalue weighted by Crippen LogP contribution is 2.29. The predicted octanol–water partition coefficient (Wildman–Crippen LogP) is 4.02. The standard InChI is InChI=1S/C14H23F3N4S2.HI/c1-3-18-13(19-7-4-5-9-22-2)20-8-6-12-21-11(10-23-12)14(15,16)17;/h10H,3-9H2,1-2H3,(H2,18,19,20);1H. The second kappa shape index (κ2) is 13.0. The first-order valence-electron chi connectivity index (χ1n) is 7.50. The number of rotatable bonds is 9. The van der Waals surface area contributed by atoms with E-state index in [0.29, 0.717) is 23.9 Å². The lowest BCUT2D eigenvalue weighted by molar-refractivity contribution is -0.140. The lowest BCUT2D eigenvalue weighted by Gasteiger charge is -2.10. The largest absolute Gasteiger partial charge is 0.434 e. The summed E-state index contributed by atoms with van der Waals surface area (Å²) in [6.45, 7) is 3.96. The summed E-state index contributed by atoms with van der Waals surface area (Å²) in [5, 5.41) is 7.78. The summed E-state index contributed by atoms with van der Waals surface area (Å²) in [4.78, 5) is 8.06. The van der Waals surface area contributed by atoms with Gasteiger partial charge in [-0.05, 0) is 31.8 Å². The van der Waals surface area contributed by atoms with Gasteiger partial charge in [-0.15, -0.1) is 35.3 Å². The van der Waals surface area contributed by atoms with Crippen LogP contribution in [0.15, 0.2) is 10.4 Å². The first kappa shape index (κ1) is 23.8. The van der Waals surface area contributed by atoms with Crippen LogP contribution in [0.4, 0.5) is 13.2 Å². The molecular weight excluding hydrogens is 472 g/mol. The lowest BCUT2D eigenvalue weighted by Crippen LogP contribution is -2.38. The zero-order chi connectivity index (χ0) is 17.1. The third-order valence-electron chi connectivity index (χ3n) is 2.84. The Morgan fingerprint density at radius 2 is 2.08 bits per heavy atom. The lowest BCUT2D eigenvalue weighted by atomic mass is 10.3. The van der Waals surface area contributed by atoms with Crippen LogP contribution in [-0.2, 0) is 12.6 Å². The van der Waals surface area contributed by atoms with Crippen molar-refractivity contribution in [1.29, 1.82) is 0 Å². The van der Waals surface area contributed by atoms with Crippen molar-refractivity contribution < 1.29 is 13.2 Å². The summed E-state index contributed by atoms with van der Waals surface area (Å²) in [5.41, 5.74) is -0.813. The van der Waals surface area contributed by atoms with Crippen molar-refractivity contribution in [1.82, 2.24) is 15.6 Å². The van der Waals surface area contributed by atoms with Gasteiger partial charge in [0.05, 0.1) is 5.01 Å². The monoisotopic (exact) mass is 496 g/mol. The van der Waals surface area contributed by atoms with E-state index in [0.717, 1.165) is 48.4 Å². The van der Waals surface area contributed by atoms with Gasteiger partial charge in [0, 0.05) is 31.4 Å². The van der Waals surface area contributed by atoms with E-state index in [1.165, 1.54) is 0 Å². The molecule has 0 aliphatic carbocycles. The summed E-state index contributed by atoms with van der Waals surface area (Å²) in [7, 11) is 0. The van der Waals surface area contributed by atoms with Gasteiger partial charge in [0.2, 0.25) is 0 Å². The van der Waals surface area contributed by atoms with Gasteiger partial charge >= 0.3 is 6.18 Å². The molecule has 140 valence electrons. The SMILES string of the molecule is CCNC(=NCCCCSC)NCCc1nc(C(F)(F)F)cs1.I. The molecule has 0 spiro atoms. The van der Waals surface area contributed by atoms with Crippen molar-refractivity contribution in [3.63, 3.8) is 0 Å². The molecule has 0 aliphatic rings. The van der Waals surface area contributed by atoms with Crippen LogP contribution in [0.2, 0.25) is 0 Å². The zero-order valence-electron chi connectivity index (χ0n) is 13.8. The van der Waals surface area contributed by atoms with Crippen LogP contribution in [0, 0.1) is 0 Å². The van der Waals surface area contributed by atoms with Crippen molar-refractivity contribution >= 4 is 53.0 Å². The molecule has 1 aromatic heterocycles. The number of aliphatic imine (C=N–C) groups is 1. The van der Waals surface area contributed by atoms with Gasteiger partial charge in [-0.25, -0.2) is 4.98 Å². The van der Waals surface area contributed by atoms with E-state index in [1.807, 2.05) is 18.7 Å². The molecular formula is C14H24F3IN4S2. The van der Waals surface area contributed by atoms with Gasteiger partial charge in [-0.1, -0.05) is 0 Å². The summed E-state index contributed by atoms with van der Waals surface area (Å²) < 4.78 is 37.4. The summed E-state index contributed by atoms with van der Waals surface area (Å²) in [5.74, 6) is 1.83. The Labute approximate surface area is 166 Å². The molecule has 0 aromatic carbocycles. The second-order valence-electron chi connectivity index (χ2n) is 4.76. The third-order valence-corrected chi connectivity index (χ3v) is 4.45. The number of hydrogen-bond donors (Lipinski definition) is 2. The Bertz CT molecular complexity index is 481. The van der Waals surface area contributed by atoms with Crippen molar-refractivity contribution in [2.45, 2.75) is 32.4 Å². The Hall–Kier alpha value is -0.230. The van der Waals surface area contributed by atoms with Crippen LogP contribution in [0.5, 0.6) is 0 Å². The van der Waals surface area contributed by atoms with Crippen LogP contribution < -0.4 is 10.6 Å². The highest BCUT2D eigenvalue weighted by molar-refractivity contribution is 14.0. The number of nitrogens with one attached hydrogen (secondary N) is 2. The molecule has 0 bridgehead atoms. The average Bonchev–Trinajstić information content (AvgIpc) is 2.96. The number of guanidine groups is 1. The number of nitrogens with zero attached hydrogens (tertiary/aromatic N) is 2. The normalized spacial score (nSPS) is 12.0. The summed E-state index contributed by atoms with van der Waals surface area (Å²) in [6.07, 6.45) is 0.312. The molecule has 0 radical (unpaired) electrons. The minimum Gasteiger partial charge on any atom is -0.357 e. The minimum absolute atomic E-state index is 0. The van der Waals surface area contributed by atoms with Crippen molar-refractivity contribution in [2.24, 2.45) is 4.99 Å². The van der Waals surface area contributed by atoms with Crippen LogP contribution in [0.25, 0.3) is 0 Å². The number of alkyl halides is 3. The van der Waals surface area contributed by atoms with Crippen LogP contribution in [0.3, 0.4) is 0 Å². The Kier molecular flexibility index (Phi) is 12.9. The van der Waals surface area contributed by atoms with Crippen molar-refractivity contribution in [3.05, 3.63) is 16.1 Å². The smallest absolute Gasteiger partial charge is 0.357 e. The number of hydrogen-bond acceptors (Lipinski definition) is 4. The number of thiazole rings is 1. The van der Waals surface area contributed by atoms with E-state index >= 15 is 0 Å². The molecule has 2 N–H and O–H groups in total. The second-order valence-corrected chi connectivity index (χ2v) is 6.69. The fourth-order valence-electron chi connectivity index (χ4n) is 1.73. The van der Waals surface area contributed by atoms with Crippen LogP contribution >= 0.6 is 47.1 Å². The number of halogens is 4. The van der Waals surface area contributed by atoms with Gasteiger partial charge in [0.15, 0.2) is 11.7 Å². The maximum absolute atomic E-state index is 12.5. The van der Waals surface area contributed by atoms with E-state index in [-0.39, 0.29) is 24.0 Å². The van der Waals surface area contributed by atoms with E-state index in [2.05, 4.69) is 26.9 Å². The maximum Gasteiger partial charge on any atom is 0.434 e. The molecule has 24 heavy (non-hydrogen) atoms. The first-order valence-corrected chi connectivity index (χ1v) is 9.77. The summed E-state index contributed by atoms with van der Waals surface area (Å²) in [6, 6.07) is 0. The Morgan fingerprint density at radius 3 is 2.67 bits per heavy atom.